The number of hydrogen-bond acceptors (Lipinski definition) is 4. The number of urea groups is 1. The van der Waals surface area contributed by atoms with Gasteiger partial charge in [-0.05, 0) is 18.6 Å². The van der Waals surface area contributed by atoms with Crippen LogP contribution >= 0.6 is 22.9 Å². The molecule has 0 aliphatic heterocycles. The van der Waals surface area contributed by atoms with Crippen molar-refractivity contribution in [2.45, 2.75) is 19.4 Å². The number of methoxy groups -OCH3 is 1. The van der Waals surface area contributed by atoms with Gasteiger partial charge in [0.15, 0.2) is 5.75 Å². The van der Waals surface area contributed by atoms with Gasteiger partial charge in [-0.3, -0.25) is 0 Å². The van der Waals surface area contributed by atoms with Crippen LogP contribution in [0, 0.1) is 0 Å². The Labute approximate surface area is 132 Å². The summed E-state index contributed by atoms with van der Waals surface area (Å²) in [5.41, 5.74) is 0.525. The average Bonchev–Trinajstić information content (AvgIpc) is 2.99. The van der Waals surface area contributed by atoms with Gasteiger partial charge in [-0.25, -0.2) is 9.78 Å². The van der Waals surface area contributed by atoms with Crippen molar-refractivity contribution in [3.8, 4) is 5.75 Å². The molecule has 1 heterocycles. The highest BCUT2D eigenvalue weighted by atomic mass is 35.5. The summed E-state index contributed by atoms with van der Waals surface area (Å²) in [5.74, 6) is 0.441. The number of anilines is 1. The Bertz CT molecular complexity index is 604. The van der Waals surface area contributed by atoms with Crippen LogP contribution in [0.1, 0.15) is 24.4 Å². The second kappa shape index (κ2) is 7.28. The standard InChI is InChI=1S/C14H16ClN3O2S/c1-3-10(13-16-7-8-21-13)17-14(19)18-11-6-4-5-9(15)12(11)20-2/h4-8,10H,3H2,1-2H3,(H2,17,18,19)/t10-/m0/s1. The van der Waals surface area contributed by atoms with E-state index in [1.54, 1.807) is 24.4 Å². The molecule has 21 heavy (non-hydrogen) atoms. The largest absolute Gasteiger partial charge is 0.493 e. The topological polar surface area (TPSA) is 63.2 Å². The van der Waals surface area contributed by atoms with Crippen LogP contribution < -0.4 is 15.4 Å². The molecule has 0 unspecified atom stereocenters. The molecule has 2 N–H and O–H groups in total. The van der Waals surface area contributed by atoms with Gasteiger partial charge in [0.1, 0.15) is 5.01 Å². The first-order valence-electron chi connectivity index (χ1n) is 6.45. The molecule has 0 fully saturated rings. The van der Waals surface area contributed by atoms with E-state index < -0.39 is 0 Å². The molecule has 2 aromatic rings. The van der Waals surface area contributed by atoms with Crippen molar-refractivity contribution < 1.29 is 9.53 Å². The van der Waals surface area contributed by atoms with Crippen LogP contribution in [0.3, 0.4) is 0 Å². The van der Waals surface area contributed by atoms with E-state index in [2.05, 4.69) is 15.6 Å². The van der Waals surface area contributed by atoms with E-state index in [9.17, 15) is 4.79 Å². The quantitative estimate of drug-likeness (QED) is 0.870. The highest BCUT2D eigenvalue weighted by Gasteiger charge is 2.16. The number of nitrogens with zero attached hydrogens (tertiary/aromatic N) is 1. The molecule has 0 bridgehead atoms. The fraction of sp³-hybridized carbons (Fsp3) is 0.286. The van der Waals surface area contributed by atoms with Gasteiger partial charge in [-0.15, -0.1) is 11.3 Å². The number of carbonyl (C=O) groups is 1. The van der Waals surface area contributed by atoms with E-state index in [1.807, 2.05) is 12.3 Å². The smallest absolute Gasteiger partial charge is 0.319 e. The number of carbonyl (C=O) groups excluding carboxylic acids is 1. The zero-order valence-corrected chi connectivity index (χ0v) is 13.3. The highest BCUT2D eigenvalue weighted by molar-refractivity contribution is 7.09. The van der Waals surface area contributed by atoms with Crippen molar-refractivity contribution in [2.24, 2.45) is 0 Å². The number of rotatable bonds is 5. The third-order valence-electron chi connectivity index (χ3n) is 2.88. The number of nitrogens with one attached hydrogen (secondary N) is 2. The molecule has 0 radical (unpaired) electrons. The third kappa shape index (κ3) is 3.86. The number of halogens is 1. The van der Waals surface area contributed by atoms with Crippen molar-refractivity contribution >= 4 is 34.7 Å². The second-order valence-corrected chi connectivity index (χ2v) is 5.58. The lowest BCUT2D eigenvalue weighted by molar-refractivity contribution is 0.248. The lowest BCUT2D eigenvalue weighted by atomic mass is 10.2. The fourth-order valence-electron chi connectivity index (χ4n) is 1.88. The van der Waals surface area contributed by atoms with Crippen LogP contribution in [0.15, 0.2) is 29.8 Å². The van der Waals surface area contributed by atoms with Crippen LogP contribution in [0.2, 0.25) is 5.02 Å². The van der Waals surface area contributed by atoms with Gasteiger partial charge >= 0.3 is 6.03 Å². The van der Waals surface area contributed by atoms with Gasteiger partial charge < -0.3 is 15.4 Å². The number of ether oxygens (including phenoxy) is 1. The van der Waals surface area contributed by atoms with E-state index in [4.69, 9.17) is 16.3 Å². The minimum absolute atomic E-state index is 0.116. The summed E-state index contributed by atoms with van der Waals surface area (Å²) in [5, 5.41) is 8.85. The Kier molecular flexibility index (Phi) is 5.41. The Morgan fingerprint density at radius 3 is 2.95 bits per heavy atom. The van der Waals surface area contributed by atoms with Gasteiger partial charge in [-0.1, -0.05) is 24.6 Å². The number of amides is 2. The molecule has 0 saturated carbocycles. The summed E-state index contributed by atoms with van der Waals surface area (Å²) in [4.78, 5) is 16.3. The first-order valence-corrected chi connectivity index (χ1v) is 7.70. The van der Waals surface area contributed by atoms with Crippen LogP contribution in [0.25, 0.3) is 0 Å². The molecule has 5 nitrogen and oxygen atoms in total. The van der Waals surface area contributed by atoms with Crippen LogP contribution in [0.5, 0.6) is 5.75 Å². The molecule has 1 atom stereocenters. The monoisotopic (exact) mass is 325 g/mol. The number of hydrogen-bond donors (Lipinski definition) is 2. The predicted octanol–water partition coefficient (Wildman–Crippen LogP) is 4.08. The minimum atomic E-state index is -0.322. The van der Waals surface area contributed by atoms with Gasteiger partial charge in [0, 0.05) is 11.6 Å². The maximum Gasteiger partial charge on any atom is 0.319 e. The lowest BCUT2D eigenvalue weighted by Gasteiger charge is -2.16. The van der Waals surface area contributed by atoms with E-state index in [-0.39, 0.29) is 12.1 Å². The molecule has 1 aromatic carbocycles. The number of thiazole rings is 1. The molecule has 0 aliphatic carbocycles. The van der Waals surface area contributed by atoms with Crippen LogP contribution in [-0.2, 0) is 0 Å². The summed E-state index contributed by atoms with van der Waals surface area (Å²) in [6.45, 7) is 1.99. The van der Waals surface area contributed by atoms with Gasteiger partial charge in [-0.2, -0.15) is 0 Å². The predicted molar refractivity (Wildman–Crippen MR) is 85.3 cm³/mol. The molecule has 2 amide bonds. The first-order chi connectivity index (χ1) is 10.2. The van der Waals surface area contributed by atoms with Crippen molar-refractivity contribution in [3.05, 3.63) is 39.8 Å². The van der Waals surface area contributed by atoms with Crippen molar-refractivity contribution in [3.63, 3.8) is 0 Å². The molecular formula is C14H16ClN3O2S. The van der Waals surface area contributed by atoms with Crippen LogP contribution in [-0.4, -0.2) is 18.1 Å². The fourth-order valence-corrected chi connectivity index (χ4v) is 2.90. The summed E-state index contributed by atoms with van der Waals surface area (Å²) < 4.78 is 5.20. The first kappa shape index (κ1) is 15.6. The number of aromatic nitrogens is 1. The minimum Gasteiger partial charge on any atom is -0.493 e. The number of benzene rings is 1. The van der Waals surface area contributed by atoms with Gasteiger partial charge in [0.25, 0.3) is 0 Å². The van der Waals surface area contributed by atoms with Crippen LogP contribution in [0.4, 0.5) is 10.5 Å². The molecule has 0 aliphatic rings. The maximum absolute atomic E-state index is 12.1. The van der Waals surface area contributed by atoms with E-state index in [0.717, 1.165) is 11.4 Å². The van der Waals surface area contributed by atoms with Gasteiger partial charge in [0.05, 0.1) is 23.9 Å². The zero-order valence-electron chi connectivity index (χ0n) is 11.7. The summed E-state index contributed by atoms with van der Waals surface area (Å²) in [6, 6.07) is 4.74. The average molecular weight is 326 g/mol. The molecule has 0 saturated heterocycles. The third-order valence-corrected chi connectivity index (χ3v) is 4.07. The Morgan fingerprint density at radius 1 is 1.52 bits per heavy atom. The van der Waals surface area contributed by atoms with E-state index in [0.29, 0.717) is 16.5 Å². The molecule has 112 valence electrons. The molecule has 1 aromatic heterocycles. The Hall–Kier alpha value is -1.79. The lowest BCUT2D eigenvalue weighted by Crippen LogP contribution is -2.32. The van der Waals surface area contributed by atoms with E-state index >= 15 is 0 Å². The molecule has 7 heteroatoms. The molecule has 0 spiro atoms. The number of para-hydroxylation sites is 1. The van der Waals surface area contributed by atoms with E-state index in [1.165, 1.54) is 18.4 Å². The summed E-state index contributed by atoms with van der Waals surface area (Å²) in [7, 11) is 1.51. The second-order valence-electron chi connectivity index (χ2n) is 4.25. The summed E-state index contributed by atoms with van der Waals surface area (Å²) in [6.07, 6.45) is 2.48. The zero-order chi connectivity index (χ0) is 15.2. The highest BCUT2D eigenvalue weighted by Crippen LogP contribution is 2.32. The molecular weight excluding hydrogens is 310 g/mol. The van der Waals surface area contributed by atoms with Crippen molar-refractivity contribution in [1.82, 2.24) is 10.3 Å². The Morgan fingerprint density at radius 2 is 2.33 bits per heavy atom. The maximum atomic E-state index is 12.1. The summed E-state index contributed by atoms with van der Waals surface area (Å²) >= 11 is 7.54. The SMILES string of the molecule is CC[C@H](NC(=O)Nc1cccc(Cl)c1OC)c1nccs1. The normalized spacial score (nSPS) is 11.8. The Balaban J connectivity index is 2.06. The molecule has 2 rings (SSSR count). The van der Waals surface area contributed by atoms with Crippen molar-refractivity contribution in [2.75, 3.05) is 12.4 Å². The van der Waals surface area contributed by atoms with Crippen molar-refractivity contribution in [1.29, 1.82) is 0 Å². The van der Waals surface area contributed by atoms with Gasteiger partial charge in [0.2, 0.25) is 0 Å².